The number of aliphatic hydroxyl groups is 1. The number of phenols is 1. The number of hydrogen-bond donors (Lipinski definition) is 6. The van der Waals surface area contributed by atoms with Gasteiger partial charge in [0, 0.05) is 25.6 Å². The number of carbonyl (C=O) groups excluding carboxylic acids is 5. The molecule has 0 saturated carbocycles. The maximum Gasteiger partial charge on any atom is 0.410 e. The van der Waals surface area contributed by atoms with Crippen molar-refractivity contribution >= 4 is 47.2 Å². The zero-order valence-electron chi connectivity index (χ0n) is 30.2. The first-order valence-corrected chi connectivity index (χ1v) is 18.2. The Morgan fingerprint density at radius 2 is 1.46 bits per heavy atom. The number of aliphatic hydroxyl groups excluding tert-OH is 1. The Kier molecular flexibility index (Phi) is 16.0. The van der Waals surface area contributed by atoms with Crippen LogP contribution in [-0.2, 0) is 43.4 Å². The predicted molar refractivity (Wildman–Crippen MR) is 201 cm³/mol. The van der Waals surface area contributed by atoms with Crippen LogP contribution in [0.3, 0.4) is 0 Å². The summed E-state index contributed by atoms with van der Waals surface area (Å²) >= 11 is 1.47. The number of anilines is 1. The van der Waals surface area contributed by atoms with Gasteiger partial charge in [-0.25, -0.2) is 4.79 Å². The van der Waals surface area contributed by atoms with E-state index in [-0.39, 0.29) is 31.6 Å². The largest absolute Gasteiger partial charge is 0.508 e. The van der Waals surface area contributed by atoms with E-state index >= 15 is 0 Å². The van der Waals surface area contributed by atoms with Crippen LogP contribution in [0.1, 0.15) is 43.9 Å². The van der Waals surface area contributed by atoms with Crippen molar-refractivity contribution < 1.29 is 38.9 Å². The minimum absolute atomic E-state index is 0.0444. The zero-order valence-corrected chi connectivity index (χ0v) is 31.0. The molecule has 3 aromatic rings. The summed E-state index contributed by atoms with van der Waals surface area (Å²) in [6.07, 6.45) is 1.59. The van der Waals surface area contributed by atoms with E-state index in [4.69, 9.17) is 4.74 Å². The molecule has 0 fully saturated rings. The molecule has 14 heteroatoms. The van der Waals surface area contributed by atoms with Gasteiger partial charge in [-0.15, -0.1) is 0 Å². The van der Waals surface area contributed by atoms with Gasteiger partial charge in [-0.2, -0.15) is 11.8 Å². The highest BCUT2D eigenvalue weighted by Crippen LogP contribution is 2.17. The van der Waals surface area contributed by atoms with Crippen molar-refractivity contribution in [3.05, 3.63) is 95.6 Å². The monoisotopic (exact) mass is 735 g/mol. The number of rotatable bonds is 17. The highest BCUT2D eigenvalue weighted by Gasteiger charge is 2.33. The minimum atomic E-state index is -1.08. The fourth-order valence-electron chi connectivity index (χ4n) is 5.07. The quantitative estimate of drug-likeness (QED) is 0.121. The molecule has 3 atom stereocenters. The molecule has 52 heavy (non-hydrogen) atoms. The van der Waals surface area contributed by atoms with Crippen LogP contribution in [0.5, 0.6) is 5.75 Å². The molecule has 0 spiro atoms. The minimum Gasteiger partial charge on any atom is -0.508 e. The van der Waals surface area contributed by atoms with Gasteiger partial charge in [-0.05, 0) is 80.2 Å². The van der Waals surface area contributed by atoms with Gasteiger partial charge in [0.25, 0.3) is 0 Å². The second-order valence-electron chi connectivity index (χ2n) is 13.2. The van der Waals surface area contributed by atoms with E-state index in [0.29, 0.717) is 22.6 Å². The summed E-state index contributed by atoms with van der Waals surface area (Å²) in [6, 6.07) is 18.9. The van der Waals surface area contributed by atoms with Crippen molar-refractivity contribution in [1.82, 2.24) is 20.9 Å². The number of ether oxygens (including phenoxy) is 1. The number of thioether (sulfide) groups is 1. The van der Waals surface area contributed by atoms with E-state index in [1.165, 1.54) is 35.8 Å². The number of hydrogen-bond acceptors (Lipinski definition) is 9. The lowest BCUT2D eigenvalue weighted by Gasteiger charge is -2.31. The van der Waals surface area contributed by atoms with Crippen molar-refractivity contribution in [2.45, 2.75) is 70.4 Å². The predicted octanol–water partition coefficient (Wildman–Crippen LogP) is 3.38. The van der Waals surface area contributed by atoms with Crippen molar-refractivity contribution in [2.24, 2.45) is 0 Å². The summed E-state index contributed by atoms with van der Waals surface area (Å²) in [4.78, 5) is 68.0. The normalized spacial score (nSPS) is 12.8. The number of amides is 5. The second kappa shape index (κ2) is 20.1. The lowest BCUT2D eigenvalue weighted by molar-refractivity contribution is -0.132. The Morgan fingerprint density at radius 1 is 0.808 bits per heavy atom. The maximum absolute atomic E-state index is 13.8. The molecule has 0 aromatic heterocycles. The molecule has 0 aliphatic heterocycles. The Hall–Kier alpha value is -5.08. The first-order chi connectivity index (χ1) is 24.7. The summed E-state index contributed by atoms with van der Waals surface area (Å²) in [5.74, 6) is -1.80. The summed E-state index contributed by atoms with van der Waals surface area (Å²) < 4.78 is 5.50. The van der Waals surface area contributed by atoms with Gasteiger partial charge in [-0.1, -0.05) is 54.6 Å². The summed E-state index contributed by atoms with van der Waals surface area (Å²) in [7, 11) is 1.44. The molecule has 0 unspecified atom stereocenters. The second-order valence-corrected chi connectivity index (χ2v) is 14.2. The van der Waals surface area contributed by atoms with Crippen LogP contribution in [0.2, 0.25) is 0 Å². The topological polar surface area (TPSA) is 186 Å². The third-order valence-electron chi connectivity index (χ3n) is 7.80. The van der Waals surface area contributed by atoms with E-state index in [9.17, 15) is 34.2 Å². The standard InChI is InChI=1S/C38H49N5O8S/c1-38(2,3)51-37(50)43(4)32(22-26-14-16-29(45)17-15-26)36(49)42-30(18-19-52-5)34(47)39-23-33(46)41-31(21-25-10-7-6-8-11-25)35(48)40-28-13-9-12-27(20-28)24-44/h6-17,20,30-32,44-45H,18-19,21-24H2,1-5H3,(H,39,47)(H,40,48)(H,41,46)(H,42,49)/t30-,31+,32+/m1/s1. The van der Waals surface area contributed by atoms with Crippen LogP contribution in [0, 0.1) is 0 Å². The third-order valence-corrected chi connectivity index (χ3v) is 8.44. The molecule has 5 amide bonds. The van der Waals surface area contributed by atoms with Crippen molar-refractivity contribution in [2.75, 3.05) is 30.9 Å². The van der Waals surface area contributed by atoms with Gasteiger partial charge in [0.05, 0.1) is 13.2 Å². The summed E-state index contributed by atoms with van der Waals surface area (Å²) in [5, 5.41) is 30.0. The average Bonchev–Trinajstić information content (AvgIpc) is 3.11. The number of nitrogens with zero attached hydrogens (tertiary/aromatic N) is 1. The highest BCUT2D eigenvalue weighted by molar-refractivity contribution is 7.98. The lowest BCUT2D eigenvalue weighted by atomic mass is 10.0. The Bertz CT molecular complexity index is 1650. The van der Waals surface area contributed by atoms with Gasteiger partial charge in [0.15, 0.2) is 0 Å². The van der Waals surface area contributed by atoms with Gasteiger partial charge < -0.3 is 36.2 Å². The zero-order chi connectivity index (χ0) is 38.3. The van der Waals surface area contributed by atoms with Crippen LogP contribution < -0.4 is 21.3 Å². The van der Waals surface area contributed by atoms with Crippen LogP contribution >= 0.6 is 11.8 Å². The third kappa shape index (κ3) is 13.9. The van der Waals surface area contributed by atoms with E-state index in [0.717, 1.165) is 5.56 Å². The molecule has 6 N–H and O–H groups in total. The Morgan fingerprint density at radius 3 is 2.10 bits per heavy atom. The molecule has 3 aromatic carbocycles. The molecule has 0 saturated heterocycles. The molecule has 0 heterocycles. The number of phenolic OH excluding ortho intramolecular Hbond substituents is 1. The molecule has 0 radical (unpaired) electrons. The summed E-state index contributed by atoms with van der Waals surface area (Å²) in [5.41, 5.74) is 1.69. The fraction of sp³-hybridized carbons (Fsp3) is 0.395. The smallest absolute Gasteiger partial charge is 0.410 e. The molecule has 0 bridgehead atoms. The Labute approximate surface area is 308 Å². The van der Waals surface area contributed by atoms with Gasteiger partial charge in [-0.3, -0.25) is 24.1 Å². The van der Waals surface area contributed by atoms with Crippen molar-refractivity contribution in [3.8, 4) is 5.75 Å². The summed E-state index contributed by atoms with van der Waals surface area (Å²) in [6.45, 7) is 4.45. The maximum atomic E-state index is 13.8. The molecule has 13 nitrogen and oxygen atoms in total. The van der Waals surface area contributed by atoms with Crippen LogP contribution in [-0.4, -0.2) is 94.2 Å². The molecular weight excluding hydrogens is 687 g/mol. The van der Waals surface area contributed by atoms with E-state index in [1.807, 2.05) is 36.6 Å². The van der Waals surface area contributed by atoms with E-state index in [1.54, 1.807) is 57.2 Å². The molecule has 280 valence electrons. The molecule has 3 rings (SSSR count). The first-order valence-electron chi connectivity index (χ1n) is 16.8. The number of likely N-dealkylation sites (N-methyl/N-ethyl adjacent to an activating group) is 1. The number of benzene rings is 3. The molecule has 0 aliphatic carbocycles. The number of aromatic hydroxyl groups is 1. The van der Waals surface area contributed by atoms with Crippen LogP contribution in [0.25, 0.3) is 0 Å². The van der Waals surface area contributed by atoms with Gasteiger partial charge in [0.2, 0.25) is 23.6 Å². The van der Waals surface area contributed by atoms with E-state index < -0.39 is 60.0 Å². The number of carbonyl (C=O) groups is 5. The number of nitrogens with one attached hydrogen (secondary N) is 4. The van der Waals surface area contributed by atoms with Crippen LogP contribution in [0.4, 0.5) is 10.5 Å². The first kappa shape index (κ1) is 41.3. The molecular formula is C38H49N5O8S. The van der Waals surface area contributed by atoms with Crippen LogP contribution in [0.15, 0.2) is 78.9 Å². The average molecular weight is 736 g/mol. The lowest BCUT2D eigenvalue weighted by Crippen LogP contribution is -2.56. The van der Waals surface area contributed by atoms with Gasteiger partial charge >= 0.3 is 6.09 Å². The SMILES string of the molecule is CSCC[C@@H](NC(=O)[C@H](Cc1ccc(O)cc1)N(C)C(=O)OC(C)(C)C)C(=O)NCC(=O)N[C@@H](Cc1ccccc1)C(=O)Nc1cccc(CO)c1. The van der Waals surface area contributed by atoms with Gasteiger partial charge in [0.1, 0.15) is 29.5 Å². The Balaban J connectivity index is 1.73. The highest BCUT2D eigenvalue weighted by atomic mass is 32.2. The van der Waals surface area contributed by atoms with E-state index in [2.05, 4.69) is 21.3 Å². The fourth-order valence-corrected chi connectivity index (χ4v) is 5.54. The molecule has 0 aliphatic rings. The van der Waals surface area contributed by atoms with Crippen molar-refractivity contribution in [3.63, 3.8) is 0 Å². The van der Waals surface area contributed by atoms with Crippen molar-refractivity contribution in [1.29, 1.82) is 0 Å².